The van der Waals surface area contributed by atoms with Gasteiger partial charge in [0.1, 0.15) is 0 Å². The van der Waals surface area contributed by atoms with Crippen molar-refractivity contribution in [1.29, 1.82) is 0 Å². The first-order chi connectivity index (χ1) is 6.23. The molecule has 0 aliphatic carbocycles. The third-order valence-electron chi connectivity index (χ3n) is 1.71. The smallest absolute Gasteiger partial charge is 0.166 e. The number of hydrogen-bond acceptors (Lipinski definition) is 0. The van der Waals surface area contributed by atoms with E-state index in [-0.39, 0.29) is 5.19 Å². The molecule has 0 atom stereocenters. The average molecular weight is 259 g/mol. The van der Waals surface area contributed by atoms with Crippen LogP contribution in [0.4, 0.5) is 13.2 Å². The molecule has 0 bridgehead atoms. The molecule has 0 aliphatic rings. The zero-order valence-electron chi connectivity index (χ0n) is 7.20. The summed E-state index contributed by atoms with van der Waals surface area (Å²) in [5.74, 6) is 0. The molecule has 0 amide bonds. The van der Waals surface area contributed by atoms with Gasteiger partial charge in [0.05, 0.1) is 5.56 Å². The topological polar surface area (TPSA) is 0 Å². The van der Waals surface area contributed by atoms with Crippen LogP contribution in [0.1, 0.15) is 5.56 Å². The van der Waals surface area contributed by atoms with Crippen molar-refractivity contribution in [2.24, 2.45) is 0 Å². The monoisotopic (exact) mass is 258 g/mol. The maximum Gasteiger partial charge on any atom is 0.416 e. The lowest BCUT2D eigenvalue weighted by atomic mass is 10.2. The van der Waals surface area contributed by atoms with Crippen molar-refractivity contribution in [3.63, 3.8) is 0 Å². The third kappa shape index (κ3) is 2.65. The number of alkyl halides is 3. The van der Waals surface area contributed by atoms with Crippen molar-refractivity contribution in [3.05, 3.63) is 29.8 Å². The van der Waals surface area contributed by atoms with Gasteiger partial charge in [0.2, 0.25) is 0 Å². The van der Waals surface area contributed by atoms with E-state index in [1.165, 1.54) is 24.7 Å². The first kappa shape index (κ1) is 11.9. The van der Waals surface area contributed by atoms with Crippen molar-refractivity contribution in [2.75, 3.05) is 0 Å². The van der Waals surface area contributed by atoms with Gasteiger partial charge in [-0.1, -0.05) is 24.3 Å². The Morgan fingerprint density at radius 1 is 1.14 bits per heavy atom. The minimum absolute atomic E-state index is 0.0100. The molecule has 1 aromatic carbocycles. The van der Waals surface area contributed by atoms with Gasteiger partial charge in [0.25, 0.3) is 6.69 Å². The van der Waals surface area contributed by atoms with Crippen LogP contribution in [-0.4, -0.2) is 6.69 Å². The number of rotatable bonds is 1. The second-order valence-electron chi connectivity index (χ2n) is 2.93. The Balaban J connectivity index is 3.31. The summed E-state index contributed by atoms with van der Waals surface area (Å²) < 4.78 is 37.5. The minimum Gasteiger partial charge on any atom is -0.166 e. The quantitative estimate of drug-likeness (QED) is 0.535. The first-order valence-corrected chi connectivity index (χ1v) is 8.30. The van der Waals surface area contributed by atoms with Crippen LogP contribution in [-0.2, 0) is 6.18 Å². The molecule has 0 spiro atoms. The summed E-state index contributed by atoms with van der Waals surface area (Å²) in [6, 6.07) is 5.14. The fraction of sp³-hybridized carbons (Fsp3) is 0.250. The Kier molecular flexibility index (Phi) is 3.19. The van der Waals surface area contributed by atoms with Gasteiger partial charge in [-0.2, -0.15) is 13.2 Å². The van der Waals surface area contributed by atoms with Crippen molar-refractivity contribution in [1.82, 2.24) is 0 Å². The molecule has 0 unspecified atom stereocenters. The molecule has 0 saturated heterocycles. The lowest BCUT2D eigenvalue weighted by molar-refractivity contribution is -0.136. The molecular weight excluding hydrogens is 252 g/mol. The second kappa shape index (κ2) is 3.75. The molecule has 0 radical (unpaired) electrons. The van der Waals surface area contributed by atoms with Crippen molar-refractivity contribution >= 4 is 34.0 Å². The standard InChI is InChI=1S/C8H7Cl2F3Si/c1-14(9,10)7-5-3-2-4-6(7)8(11,12)13/h2-5H,1H3. The van der Waals surface area contributed by atoms with E-state index in [1.54, 1.807) is 0 Å². The molecule has 0 aliphatic heterocycles. The van der Waals surface area contributed by atoms with Crippen LogP contribution in [0, 0.1) is 0 Å². The molecule has 78 valence electrons. The maximum atomic E-state index is 12.5. The van der Waals surface area contributed by atoms with Crippen LogP contribution in [0.2, 0.25) is 6.55 Å². The van der Waals surface area contributed by atoms with Crippen LogP contribution >= 0.6 is 22.2 Å². The molecular formula is C8H7Cl2F3Si. The van der Waals surface area contributed by atoms with Gasteiger partial charge in [0.15, 0.2) is 0 Å². The third-order valence-corrected chi connectivity index (χ3v) is 4.31. The van der Waals surface area contributed by atoms with E-state index in [1.807, 2.05) is 0 Å². The Labute approximate surface area is 90.1 Å². The van der Waals surface area contributed by atoms with Crippen LogP contribution in [0.5, 0.6) is 0 Å². The summed E-state index contributed by atoms with van der Waals surface area (Å²) in [6.45, 7) is -1.52. The fourth-order valence-corrected chi connectivity index (χ4v) is 3.19. The van der Waals surface area contributed by atoms with E-state index in [4.69, 9.17) is 22.2 Å². The molecule has 0 N–H and O–H groups in total. The van der Waals surface area contributed by atoms with E-state index in [2.05, 4.69) is 0 Å². The lowest BCUT2D eigenvalue weighted by Crippen LogP contribution is -2.38. The van der Waals surface area contributed by atoms with Gasteiger partial charge in [0, 0.05) is 0 Å². The zero-order valence-corrected chi connectivity index (χ0v) is 9.71. The van der Waals surface area contributed by atoms with Gasteiger partial charge in [-0.05, 0) is 11.7 Å². The van der Waals surface area contributed by atoms with Gasteiger partial charge in [-0.3, -0.25) is 0 Å². The largest absolute Gasteiger partial charge is 0.416 e. The lowest BCUT2D eigenvalue weighted by Gasteiger charge is -2.17. The van der Waals surface area contributed by atoms with Crippen LogP contribution in [0.15, 0.2) is 24.3 Å². The van der Waals surface area contributed by atoms with Crippen LogP contribution < -0.4 is 5.19 Å². The van der Waals surface area contributed by atoms with E-state index in [9.17, 15) is 13.2 Å². The Morgan fingerprint density at radius 3 is 2.00 bits per heavy atom. The zero-order chi connectivity index (χ0) is 11.0. The van der Waals surface area contributed by atoms with E-state index < -0.39 is 18.4 Å². The summed E-state index contributed by atoms with van der Waals surface area (Å²) in [5.41, 5.74) is -0.737. The van der Waals surface area contributed by atoms with Crippen molar-refractivity contribution in [2.45, 2.75) is 12.7 Å². The summed E-state index contributed by atoms with van der Waals surface area (Å²) in [6.07, 6.45) is -4.39. The highest BCUT2D eigenvalue weighted by atomic mass is 35.7. The van der Waals surface area contributed by atoms with Crippen LogP contribution in [0.3, 0.4) is 0 Å². The molecule has 0 nitrogen and oxygen atoms in total. The molecule has 1 rings (SSSR count). The Hall–Kier alpha value is -0.193. The van der Waals surface area contributed by atoms with E-state index in [0.717, 1.165) is 6.07 Å². The van der Waals surface area contributed by atoms with Gasteiger partial charge < -0.3 is 0 Å². The molecule has 0 aromatic heterocycles. The van der Waals surface area contributed by atoms with Crippen LogP contribution in [0.25, 0.3) is 0 Å². The normalized spacial score (nSPS) is 13.0. The number of hydrogen-bond donors (Lipinski definition) is 0. The van der Waals surface area contributed by atoms with E-state index in [0.29, 0.717) is 0 Å². The highest BCUT2D eigenvalue weighted by Crippen LogP contribution is 2.30. The summed E-state index contributed by atoms with van der Waals surface area (Å²) in [4.78, 5) is 0. The maximum absolute atomic E-state index is 12.5. The summed E-state index contributed by atoms with van der Waals surface area (Å²) >= 11 is 11.5. The Bertz CT molecular complexity index is 297. The fourth-order valence-electron chi connectivity index (χ4n) is 1.11. The molecule has 6 heteroatoms. The average Bonchev–Trinajstić information content (AvgIpc) is 2.01. The van der Waals surface area contributed by atoms with Gasteiger partial charge in [-0.15, -0.1) is 22.2 Å². The molecule has 0 fully saturated rings. The van der Waals surface area contributed by atoms with Gasteiger partial charge >= 0.3 is 6.18 Å². The predicted octanol–water partition coefficient (Wildman–Crippen LogP) is 3.46. The number of halogens is 5. The summed E-state index contributed by atoms with van der Waals surface area (Å²) in [5, 5.41) is 0.0100. The highest BCUT2D eigenvalue weighted by Gasteiger charge is 2.38. The molecule has 0 saturated carbocycles. The van der Waals surface area contributed by atoms with Crippen molar-refractivity contribution in [3.8, 4) is 0 Å². The SMILES string of the molecule is C[Si](Cl)(Cl)c1ccccc1C(F)(F)F. The first-order valence-electron chi connectivity index (χ1n) is 3.77. The molecule has 0 heterocycles. The predicted molar refractivity (Wildman–Crippen MR) is 54.4 cm³/mol. The molecule has 14 heavy (non-hydrogen) atoms. The highest BCUT2D eigenvalue weighted by molar-refractivity contribution is 7.50. The van der Waals surface area contributed by atoms with Crippen molar-refractivity contribution < 1.29 is 13.2 Å². The summed E-state index contributed by atoms with van der Waals surface area (Å²) in [7, 11) is 0. The van der Waals surface area contributed by atoms with Gasteiger partial charge in [-0.25, -0.2) is 0 Å². The Morgan fingerprint density at radius 2 is 1.64 bits per heavy atom. The minimum atomic E-state index is -4.39. The number of benzene rings is 1. The van der Waals surface area contributed by atoms with E-state index >= 15 is 0 Å². The second-order valence-corrected chi connectivity index (χ2v) is 10.4. The molecule has 1 aromatic rings.